The lowest BCUT2D eigenvalue weighted by Crippen LogP contribution is -2.55. The van der Waals surface area contributed by atoms with Crippen molar-refractivity contribution in [2.45, 2.75) is 56.2 Å². The quantitative estimate of drug-likeness (QED) is 0.324. The van der Waals surface area contributed by atoms with Gasteiger partial charge in [-0.2, -0.15) is 0 Å². The Labute approximate surface area is 266 Å². The van der Waals surface area contributed by atoms with E-state index in [0.717, 1.165) is 24.7 Å². The number of nitrogens with one attached hydrogen (secondary N) is 2. The molecule has 0 unspecified atom stereocenters. The normalized spacial score (nSPS) is 21.8. The van der Waals surface area contributed by atoms with Gasteiger partial charge in [0.1, 0.15) is 0 Å². The number of carbonyl (C=O) groups excluding carboxylic acids is 3. The fourth-order valence-corrected chi connectivity index (χ4v) is 7.20. The Balaban J connectivity index is 1.47. The molecule has 9 nitrogen and oxygen atoms in total. The van der Waals surface area contributed by atoms with Crippen LogP contribution in [0.25, 0.3) is 0 Å². The second kappa shape index (κ2) is 13.3. The minimum Gasteiger partial charge on any atom is -0.391 e. The summed E-state index contributed by atoms with van der Waals surface area (Å²) in [4.78, 5) is 42.2. The van der Waals surface area contributed by atoms with Crippen LogP contribution in [0.2, 0.25) is 10.0 Å². The molecule has 0 bridgehead atoms. The number of fused-ring (bicyclic) bond motifs is 1. The van der Waals surface area contributed by atoms with Gasteiger partial charge < -0.3 is 15.3 Å². The average Bonchev–Trinajstić information content (AvgIpc) is 2.97. The van der Waals surface area contributed by atoms with Gasteiger partial charge in [-0.25, -0.2) is 13.1 Å². The number of sulfonamides is 1. The van der Waals surface area contributed by atoms with E-state index in [4.69, 9.17) is 23.2 Å². The molecular weight excluding hydrogens is 625 g/mol. The molecule has 1 aliphatic heterocycles. The molecule has 5 rings (SSSR count). The minimum atomic E-state index is -3.72. The molecule has 0 spiro atoms. The van der Waals surface area contributed by atoms with Gasteiger partial charge in [0.15, 0.2) is 0 Å². The van der Waals surface area contributed by atoms with Gasteiger partial charge in [-0.15, -0.1) is 0 Å². The highest BCUT2D eigenvalue weighted by molar-refractivity contribution is 7.89. The second-order valence-electron chi connectivity index (χ2n) is 11.3. The molecule has 0 saturated heterocycles. The molecule has 3 aromatic carbocycles. The molecule has 1 fully saturated rings. The van der Waals surface area contributed by atoms with Crippen LogP contribution in [0.15, 0.2) is 66.7 Å². The largest absolute Gasteiger partial charge is 0.391 e. The lowest BCUT2D eigenvalue weighted by atomic mass is 9.76. The van der Waals surface area contributed by atoms with Gasteiger partial charge in [0, 0.05) is 27.7 Å². The molecule has 4 atom stereocenters. The van der Waals surface area contributed by atoms with Crippen molar-refractivity contribution in [2.24, 2.45) is 0 Å². The molecule has 1 aliphatic carbocycles. The molecule has 44 heavy (non-hydrogen) atoms. The summed E-state index contributed by atoms with van der Waals surface area (Å²) in [5, 5.41) is 14.8. The van der Waals surface area contributed by atoms with Crippen molar-refractivity contribution in [1.29, 1.82) is 0 Å². The van der Waals surface area contributed by atoms with Gasteiger partial charge in [0.05, 0.1) is 30.4 Å². The lowest BCUT2D eigenvalue weighted by Gasteiger charge is -2.48. The van der Waals surface area contributed by atoms with Crippen LogP contribution in [0.1, 0.15) is 75.0 Å². The summed E-state index contributed by atoms with van der Waals surface area (Å²) in [5.74, 6) is -2.18. The van der Waals surface area contributed by atoms with E-state index in [1.165, 1.54) is 6.07 Å². The maximum absolute atomic E-state index is 14.1. The zero-order chi connectivity index (χ0) is 31.6. The first-order valence-corrected chi connectivity index (χ1v) is 17.0. The van der Waals surface area contributed by atoms with Crippen LogP contribution in [0.5, 0.6) is 0 Å². The van der Waals surface area contributed by atoms with Crippen LogP contribution < -0.4 is 10.0 Å². The van der Waals surface area contributed by atoms with Crippen LogP contribution in [0.3, 0.4) is 0 Å². The summed E-state index contributed by atoms with van der Waals surface area (Å²) >= 11 is 12.9. The third-order valence-electron chi connectivity index (χ3n) is 8.17. The molecule has 3 N–H and O–H groups in total. The number of aliphatic hydroxyl groups excluding tert-OH is 1. The lowest BCUT2D eigenvalue weighted by molar-refractivity contribution is -0.125. The van der Waals surface area contributed by atoms with Crippen molar-refractivity contribution in [1.82, 2.24) is 14.9 Å². The van der Waals surface area contributed by atoms with Crippen LogP contribution in [-0.4, -0.2) is 61.1 Å². The molecule has 232 valence electrons. The summed E-state index contributed by atoms with van der Waals surface area (Å²) < 4.78 is 24.9. The first-order chi connectivity index (χ1) is 20.9. The first-order valence-electron chi connectivity index (χ1n) is 14.4. The van der Waals surface area contributed by atoms with Crippen molar-refractivity contribution in [2.75, 3.05) is 12.8 Å². The number of rotatable bonds is 8. The number of hydrogen-bond acceptors (Lipinski definition) is 6. The van der Waals surface area contributed by atoms with Crippen molar-refractivity contribution in [3.63, 3.8) is 0 Å². The van der Waals surface area contributed by atoms with Crippen LogP contribution in [0, 0.1) is 0 Å². The van der Waals surface area contributed by atoms with Gasteiger partial charge in [0.25, 0.3) is 11.8 Å². The maximum Gasteiger partial charge on any atom is 0.264 e. The van der Waals surface area contributed by atoms with Crippen molar-refractivity contribution in [3.8, 4) is 0 Å². The number of carbonyl (C=O) groups is 3. The van der Waals surface area contributed by atoms with E-state index in [0.29, 0.717) is 46.0 Å². The predicted molar refractivity (Wildman–Crippen MR) is 168 cm³/mol. The molecule has 1 saturated carbocycles. The number of nitrogens with zero attached hydrogens (tertiary/aromatic N) is 1. The Kier molecular flexibility index (Phi) is 9.65. The van der Waals surface area contributed by atoms with Crippen LogP contribution >= 0.6 is 23.2 Å². The van der Waals surface area contributed by atoms with Crippen molar-refractivity contribution in [3.05, 3.63) is 105 Å². The van der Waals surface area contributed by atoms with Crippen molar-refractivity contribution >= 4 is 50.9 Å². The van der Waals surface area contributed by atoms with Crippen molar-refractivity contribution < 1.29 is 27.9 Å². The predicted octanol–water partition coefficient (Wildman–Crippen LogP) is 4.63. The van der Waals surface area contributed by atoms with Gasteiger partial charge in [-0.3, -0.25) is 14.4 Å². The second-order valence-corrected chi connectivity index (χ2v) is 13.8. The smallest absolute Gasteiger partial charge is 0.264 e. The van der Waals surface area contributed by atoms with Gasteiger partial charge >= 0.3 is 0 Å². The Hall–Kier alpha value is -3.44. The standard InChI is InChI=1S/C32H33Cl2N3O6S/c1-44(42,43)36-30(39)20-8-6-7-19(17-20)15-16-35-31(40)28-22-9-2-3-10-23(22)32(41)37(26-11-4-5-12-27(26)38)29(28)24-14-13-21(33)18-25(24)34/h2-3,6-10,13-14,17-18,26-29,38H,4-5,11-12,15-16H2,1H3,(H,35,40)(H,36,39)/t26-,27-,28+,29-/m0/s1. The number of amides is 3. The highest BCUT2D eigenvalue weighted by Gasteiger charge is 2.48. The zero-order valence-corrected chi connectivity index (χ0v) is 26.3. The topological polar surface area (TPSA) is 133 Å². The molecule has 0 radical (unpaired) electrons. The van der Waals surface area contributed by atoms with E-state index in [1.807, 2.05) is 4.72 Å². The fourth-order valence-electron chi connectivity index (χ4n) is 6.22. The maximum atomic E-state index is 14.1. The minimum absolute atomic E-state index is 0.179. The number of halogens is 2. The number of benzene rings is 3. The highest BCUT2D eigenvalue weighted by atomic mass is 35.5. The van der Waals surface area contributed by atoms with Crippen LogP contribution in [0.4, 0.5) is 0 Å². The summed E-state index contributed by atoms with van der Waals surface area (Å²) in [5.41, 5.74) is 2.41. The van der Waals surface area contributed by atoms with E-state index in [9.17, 15) is 27.9 Å². The summed E-state index contributed by atoms with van der Waals surface area (Å²) in [6.07, 6.45) is 3.35. The third kappa shape index (κ3) is 6.94. The molecule has 0 aromatic heterocycles. The van der Waals surface area contributed by atoms with Gasteiger partial charge in [-0.05, 0) is 66.3 Å². The van der Waals surface area contributed by atoms with Crippen LogP contribution in [-0.2, 0) is 21.2 Å². The summed E-state index contributed by atoms with van der Waals surface area (Å²) in [6.45, 7) is 0.204. The molecule has 12 heteroatoms. The SMILES string of the molecule is CS(=O)(=O)NC(=O)c1cccc(CCNC(=O)[C@@H]2c3ccccc3C(=O)N([C@H]3CCCC[C@@H]3O)[C@H]2c2ccc(Cl)cc2Cl)c1. The summed E-state index contributed by atoms with van der Waals surface area (Å²) in [7, 11) is -3.72. The van der Waals surface area contributed by atoms with Gasteiger partial charge in [-0.1, -0.05) is 72.4 Å². The Bertz CT molecular complexity index is 1700. The highest BCUT2D eigenvalue weighted by Crippen LogP contribution is 2.47. The fraction of sp³-hybridized carbons (Fsp3) is 0.344. The van der Waals surface area contributed by atoms with E-state index < -0.39 is 40.0 Å². The Morgan fingerprint density at radius 3 is 2.45 bits per heavy atom. The number of hydrogen-bond donors (Lipinski definition) is 3. The molecule has 3 aromatic rings. The van der Waals surface area contributed by atoms with Gasteiger partial charge in [0.2, 0.25) is 15.9 Å². The van der Waals surface area contributed by atoms with E-state index in [-0.39, 0.29) is 23.9 Å². The Morgan fingerprint density at radius 1 is 0.977 bits per heavy atom. The average molecular weight is 659 g/mol. The molecule has 3 amide bonds. The van der Waals surface area contributed by atoms with E-state index in [1.54, 1.807) is 65.6 Å². The molecular formula is C32H33Cl2N3O6S. The van der Waals surface area contributed by atoms with E-state index >= 15 is 0 Å². The third-order valence-corrected chi connectivity index (χ3v) is 9.29. The van der Waals surface area contributed by atoms with E-state index in [2.05, 4.69) is 5.32 Å². The Morgan fingerprint density at radius 2 is 1.73 bits per heavy atom. The first kappa shape index (κ1) is 32.0. The summed E-state index contributed by atoms with van der Waals surface area (Å²) in [6, 6.07) is 17.2. The zero-order valence-electron chi connectivity index (χ0n) is 24.0. The monoisotopic (exact) mass is 657 g/mol. The molecule has 2 aliphatic rings. The molecule has 1 heterocycles. The number of aliphatic hydroxyl groups is 1.